The zero-order chi connectivity index (χ0) is 17.4. The Balaban J connectivity index is 1.64. The van der Waals surface area contributed by atoms with Gasteiger partial charge in [0.2, 0.25) is 0 Å². The molecule has 0 bridgehead atoms. The van der Waals surface area contributed by atoms with Gasteiger partial charge in [0.05, 0.1) is 3.79 Å². The van der Waals surface area contributed by atoms with Crippen LogP contribution in [0.25, 0.3) is 31.0 Å². The minimum atomic E-state index is -0.139. The van der Waals surface area contributed by atoms with Crippen LogP contribution in [0.4, 0.5) is 4.39 Å². The van der Waals surface area contributed by atoms with Crippen molar-refractivity contribution in [3.05, 3.63) is 69.8 Å². The summed E-state index contributed by atoms with van der Waals surface area (Å²) in [5.41, 5.74) is 3.83. The molecule has 0 radical (unpaired) electrons. The normalized spacial score (nSPS) is 11.3. The lowest BCUT2D eigenvalue weighted by molar-refractivity contribution is 0.628. The van der Waals surface area contributed by atoms with Gasteiger partial charge < -0.3 is 0 Å². The van der Waals surface area contributed by atoms with E-state index in [1.807, 2.05) is 24.3 Å². The summed E-state index contributed by atoms with van der Waals surface area (Å²) in [5.74, 6) is -0.139. The van der Waals surface area contributed by atoms with Crippen molar-refractivity contribution in [2.24, 2.45) is 0 Å². The Kier molecular flexibility index (Phi) is 4.76. The second-order valence-corrected chi connectivity index (χ2v) is 9.58. The van der Waals surface area contributed by atoms with Crippen LogP contribution in [-0.2, 0) is 6.42 Å². The Labute approximate surface area is 163 Å². The second-order valence-electron chi connectivity index (χ2n) is 6.03. The molecule has 25 heavy (non-hydrogen) atoms. The maximum Gasteiger partial charge on any atom is 0.131 e. The topological polar surface area (TPSA) is 0 Å². The highest BCUT2D eigenvalue weighted by atomic mass is 79.9. The Morgan fingerprint density at radius 2 is 1.60 bits per heavy atom. The van der Waals surface area contributed by atoms with Crippen LogP contribution in [0.1, 0.15) is 18.9 Å². The molecule has 0 nitrogen and oxygen atoms in total. The highest BCUT2D eigenvalue weighted by Gasteiger charge is 2.09. The lowest BCUT2D eigenvalue weighted by Gasteiger charge is -2.07. The summed E-state index contributed by atoms with van der Waals surface area (Å²) in [7, 11) is 0. The van der Waals surface area contributed by atoms with Gasteiger partial charge in [-0.25, -0.2) is 4.39 Å². The molecule has 4 aromatic rings. The van der Waals surface area contributed by atoms with Gasteiger partial charge >= 0.3 is 0 Å². The van der Waals surface area contributed by atoms with Gasteiger partial charge in [-0.2, -0.15) is 0 Å². The molecule has 0 spiro atoms. The lowest BCUT2D eigenvalue weighted by Crippen LogP contribution is -1.89. The van der Waals surface area contributed by atoms with Crippen molar-refractivity contribution >= 4 is 48.0 Å². The molecule has 0 aliphatic rings. The first-order valence-corrected chi connectivity index (χ1v) is 10.6. The molecule has 0 saturated heterocycles. The number of fused-ring (bicyclic) bond motifs is 1. The van der Waals surface area contributed by atoms with Crippen LogP contribution in [-0.4, -0.2) is 0 Å². The van der Waals surface area contributed by atoms with Crippen molar-refractivity contribution in [2.75, 3.05) is 0 Å². The number of rotatable bonds is 4. The predicted octanol–water partition coefficient (Wildman–Crippen LogP) is 8.15. The van der Waals surface area contributed by atoms with E-state index in [1.165, 1.54) is 19.8 Å². The molecular weight excluding hydrogens is 415 g/mol. The highest BCUT2D eigenvalue weighted by Crippen LogP contribution is 2.40. The van der Waals surface area contributed by atoms with E-state index in [9.17, 15) is 4.39 Å². The Morgan fingerprint density at radius 1 is 0.880 bits per heavy atom. The van der Waals surface area contributed by atoms with Gasteiger partial charge in [0.15, 0.2) is 0 Å². The zero-order valence-corrected chi connectivity index (χ0v) is 16.9. The first-order valence-electron chi connectivity index (χ1n) is 8.22. The maximum absolute atomic E-state index is 14.4. The summed E-state index contributed by atoms with van der Waals surface area (Å²) in [5, 5.41) is 0. The van der Waals surface area contributed by atoms with Gasteiger partial charge in [0.25, 0.3) is 0 Å². The summed E-state index contributed by atoms with van der Waals surface area (Å²) in [6.45, 7) is 2.11. The van der Waals surface area contributed by atoms with Crippen LogP contribution in [0.15, 0.2) is 58.4 Å². The third kappa shape index (κ3) is 3.43. The lowest BCUT2D eigenvalue weighted by atomic mass is 10.00. The summed E-state index contributed by atoms with van der Waals surface area (Å²) in [4.78, 5) is 1.25. The molecule has 0 aliphatic heterocycles. The van der Waals surface area contributed by atoms with E-state index in [4.69, 9.17) is 0 Å². The zero-order valence-electron chi connectivity index (χ0n) is 13.7. The molecule has 2 aromatic heterocycles. The van der Waals surface area contributed by atoms with Gasteiger partial charge in [0.1, 0.15) is 5.82 Å². The van der Waals surface area contributed by atoms with Crippen molar-refractivity contribution in [1.29, 1.82) is 0 Å². The average Bonchev–Trinajstić information content (AvgIpc) is 3.13. The quantitative estimate of drug-likeness (QED) is 0.306. The molecule has 2 aromatic carbocycles. The van der Waals surface area contributed by atoms with Gasteiger partial charge in [-0.15, -0.1) is 22.7 Å². The molecule has 0 amide bonds. The van der Waals surface area contributed by atoms with Crippen molar-refractivity contribution in [3.8, 4) is 21.6 Å². The molecule has 0 unspecified atom stereocenters. The highest BCUT2D eigenvalue weighted by molar-refractivity contribution is 9.11. The largest absolute Gasteiger partial charge is 0.206 e. The molecule has 0 saturated carbocycles. The number of halogens is 2. The second kappa shape index (κ2) is 7.02. The molecule has 0 N–H and O–H groups in total. The third-order valence-corrected chi connectivity index (χ3v) is 7.07. The van der Waals surface area contributed by atoms with Crippen LogP contribution in [0, 0.1) is 5.82 Å². The van der Waals surface area contributed by atoms with Gasteiger partial charge in [-0.1, -0.05) is 49.7 Å². The molecule has 4 heteroatoms. The molecule has 0 aliphatic carbocycles. The molecule has 4 rings (SSSR count). The molecule has 126 valence electrons. The minimum absolute atomic E-state index is 0.139. The van der Waals surface area contributed by atoms with Gasteiger partial charge in [-0.3, -0.25) is 0 Å². The van der Waals surface area contributed by atoms with Crippen molar-refractivity contribution in [3.63, 3.8) is 0 Å². The SMILES string of the molecule is CCCc1ccc(-c2ccc(-c3cc4sc(Br)cc4s3)cc2)c(F)c1. The third-order valence-electron chi connectivity index (χ3n) is 4.23. The smallest absolute Gasteiger partial charge is 0.131 e. The van der Waals surface area contributed by atoms with Crippen LogP contribution < -0.4 is 0 Å². The van der Waals surface area contributed by atoms with Crippen molar-refractivity contribution in [1.82, 2.24) is 0 Å². The molecular formula is C21H16BrFS2. The van der Waals surface area contributed by atoms with Crippen molar-refractivity contribution < 1.29 is 4.39 Å². The van der Waals surface area contributed by atoms with Gasteiger partial charge in [-0.05, 0) is 57.2 Å². The fraction of sp³-hybridized carbons (Fsp3) is 0.143. The van der Waals surface area contributed by atoms with E-state index in [1.54, 1.807) is 28.7 Å². The first kappa shape index (κ1) is 17.0. The van der Waals surface area contributed by atoms with Crippen molar-refractivity contribution in [2.45, 2.75) is 19.8 Å². The molecule has 2 heterocycles. The summed E-state index contributed by atoms with van der Waals surface area (Å²) >= 11 is 7.07. The summed E-state index contributed by atoms with van der Waals surface area (Å²) in [6.07, 6.45) is 1.95. The van der Waals surface area contributed by atoms with E-state index < -0.39 is 0 Å². The summed E-state index contributed by atoms with van der Waals surface area (Å²) < 4.78 is 18.2. The minimum Gasteiger partial charge on any atom is -0.206 e. The molecule has 0 atom stereocenters. The van der Waals surface area contributed by atoms with E-state index in [2.05, 4.69) is 47.1 Å². The Bertz CT molecular complexity index is 996. The standard InChI is InChI=1S/C21H16BrFS2/c1-2-3-13-4-9-16(17(23)10-13)14-5-7-15(8-6-14)18-11-19-20(24-18)12-21(22)25-19/h4-12H,2-3H2,1H3. The number of thiophene rings is 2. The Hall–Kier alpha value is -1.49. The Morgan fingerprint density at radius 3 is 2.28 bits per heavy atom. The fourth-order valence-corrected chi connectivity index (χ4v) is 6.03. The van der Waals surface area contributed by atoms with E-state index in [-0.39, 0.29) is 5.82 Å². The van der Waals surface area contributed by atoms with Crippen LogP contribution >= 0.6 is 38.6 Å². The van der Waals surface area contributed by atoms with Crippen LogP contribution in [0.2, 0.25) is 0 Å². The maximum atomic E-state index is 14.4. The summed E-state index contributed by atoms with van der Waals surface area (Å²) in [6, 6.07) is 18.2. The van der Waals surface area contributed by atoms with Crippen LogP contribution in [0.5, 0.6) is 0 Å². The number of hydrogen-bond donors (Lipinski definition) is 0. The van der Waals surface area contributed by atoms with Crippen LogP contribution in [0.3, 0.4) is 0 Å². The fourth-order valence-electron chi connectivity index (χ4n) is 3.00. The molecule has 0 fully saturated rings. The monoisotopic (exact) mass is 430 g/mol. The van der Waals surface area contributed by atoms with E-state index in [0.717, 1.165) is 27.8 Å². The number of benzene rings is 2. The number of aryl methyl sites for hydroxylation is 1. The van der Waals surface area contributed by atoms with E-state index in [0.29, 0.717) is 5.56 Å². The van der Waals surface area contributed by atoms with E-state index >= 15 is 0 Å². The number of hydrogen-bond acceptors (Lipinski definition) is 2. The first-order chi connectivity index (χ1) is 12.1. The average molecular weight is 431 g/mol. The predicted molar refractivity (Wildman–Crippen MR) is 112 cm³/mol. The van der Waals surface area contributed by atoms with Gasteiger partial charge in [0, 0.05) is 19.8 Å².